The van der Waals surface area contributed by atoms with Gasteiger partial charge in [-0.1, -0.05) is 52.3 Å². The summed E-state index contributed by atoms with van der Waals surface area (Å²) in [5.41, 5.74) is 5.71. The van der Waals surface area contributed by atoms with Gasteiger partial charge in [0.25, 0.3) is 0 Å². The second-order valence-electron chi connectivity index (χ2n) is 5.72. The molecule has 1 aliphatic carbocycles. The third kappa shape index (κ3) is 3.32. The van der Waals surface area contributed by atoms with Gasteiger partial charge >= 0.3 is 0 Å². The van der Waals surface area contributed by atoms with Crippen molar-refractivity contribution in [2.75, 3.05) is 7.11 Å². The third-order valence-corrected chi connectivity index (χ3v) is 5.18. The number of methoxy groups -OCH3 is 1. The van der Waals surface area contributed by atoms with E-state index in [0.29, 0.717) is 4.83 Å². The lowest BCUT2D eigenvalue weighted by Gasteiger charge is -2.19. The van der Waals surface area contributed by atoms with Crippen LogP contribution >= 0.6 is 15.9 Å². The maximum absolute atomic E-state index is 5.45. The normalized spacial score (nSPS) is 15.3. The Kier molecular flexibility index (Phi) is 4.64. The first-order valence-electron chi connectivity index (χ1n) is 7.65. The van der Waals surface area contributed by atoms with Crippen LogP contribution in [0, 0.1) is 0 Å². The number of aryl methyl sites for hydroxylation is 2. The summed E-state index contributed by atoms with van der Waals surface area (Å²) in [5.74, 6) is 0.972. The molecule has 1 atom stereocenters. The minimum Gasteiger partial charge on any atom is -0.496 e. The molecule has 0 spiro atoms. The van der Waals surface area contributed by atoms with Gasteiger partial charge in [0.05, 0.1) is 7.11 Å². The van der Waals surface area contributed by atoms with Crippen LogP contribution in [0.5, 0.6) is 5.75 Å². The molecule has 1 unspecified atom stereocenters. The third-order valence-electron chi connectivity index (χ3n) is 4.33. The second-order valence-corrected chi connectivity index (χ2v) is 6.82. The molecule has 2 heteroatoms. The van der Waals surface area contributed by atoms with E-state index in [1.54, 1.807) is 18.2 Å². The van der Waals surface area contributed by atoms with Crippen molar-refractivity contribution in [1.82, 2.24) is 0 Å². The average Bonchev–Trinajstić information content (AvgIpc) is 2.55. The van der Waals surface area contributed by atoms with Crippen molar-refractivity contribution in [2.24, 2.45) is 0 Å². The highest BCUT2D eigenvalue weighted by Crippen LogP contribution is 2.33. The average molecular weight is 345 g/mol. The number of rotatable bonds is 4. The quantitative estimate of drug-likeness (QED) is 0.688. The molecule has 0 radical (unpaired) electrons. The van der Waals surface area contributed by atoms with Crippen molar-refractivity contribution < 1.29 is 4.74 Å². The fourth-order valence-electron chi connectivity index (χ4n) is 3.13. The van der Waals surface area contributed by atoms with E-state index in [4.69, 9.17) is 4.74 Å². The molecule has 3 rings (SSSR count). The van der Waals surface area contributed by atoms with E-state index >= 15 is 0 Å². The fraction of sp³-hybridized carbons (Fsp3) is 0.368. The minimum absolute atomic E-state index is 0.334. The molecule has 0 amide bonds. The zero-order chi connectivity index (χ0) is 14.7. The topological polar surface area (TPSA) is 9.23 Å². The number of hydrogen-bond donors (Lipinski definition) is 0. The summed E-state index contributed by atoms with van der Waals surface area (Å²) in [6.45, 7) is 0. The summed E-state index contributed by atoms with van der Waals surface area (Å²) in [6.07, 6.45) is 6.09. The first kappa shape index (κ1) is 14.6. The molecule has 110 valence electrons. The van der Waals surface area contributed by atoms with Crippen molar-refractivity contribution in [3.8, 4) is 5.75 Å². The van der Waals surface area contributed by atoms with Crippen LogP contribution in [0.4, 0.5) is 0 Å². The Balaban J connectivity index is 1.80. The van der Waals surface area contributed by atoms with Gasteiger partial charge in [0.15, 0.2) is 0 Å². The smallest absolute Gasteiger partial charge is 0.122 e. The Morgan fingerprint density at radius 2 is 1.81 bits per heavy atom. The molecule has 2 aromatic rings. The number of alkyl halides is 1. The molecule has 0 N–H and O–H groups in total. The van der Waals surface area contributed by atoms with Crippen molar-refractivity contribution in [2.45, 2.75) is 36.9 Å². The van der Waals surface area contributed by atoms with Crippen molar-refractivity contribution in [1.29, 1.82) is 0 Å². The maximum Gasteiger partial charge on any atom is 0.122 e. The van der Waals surface area contributed by atoms with E-state index in [-0.39, 0.29) is 0 Å². The SMILES string of the molecule is COc1ccccc1CC(Br)c1ccc2c(c1)CCCC2. The van der Waals surface area contributed by atoms with Crippen LogP contribution in [0.3, 0.4) is 0 Å². The largest absolute Gasteiger partial charge is 0.496 e. The molecule has 0 aromatic heterocycles. The molecule has 1 nitrogen and oxygen atoms in total. The van der Waals surface area contributed by atoms with E-state index in [9.17, 15) is 0 Å². The maximum atomic E-state index is 5.45. The standard InChI is InChI=1S/C19H21BrO/c1-21-19-9-5-4-8-17(19)13-18(20)16-11-10-14-6-2-3-7-15(14)12-16/h4-5,8-12,18H,2-3,6-7,13H2,1H3. The van der Waals surface area contributed by atoms with E-state index in [0.717, 1.165) is 12.2 Å². The Morgan fingerprint density at radius 3 is 2.62 bits per heavy atom. The molecule has 0 heterocycles. The molecule has 0 saturated carbocycles. The molecular weight excluding hydrogens is 324 g/mol. The van der Waals surface area contributed by atoms with Gasteiger partial charge in [0.2, 0.25) is 0 Å². The number of fused-ring (bicyclic) bond motifs is 1. The summed E-state index contributed by atoms with van der Waals surface area (Å²) in [6, 6.07) is 15.3. The van der Waals surface area contributed by atoms with Crippen molar-refractivity contribution in [3.63, 3.8) is 0 Å². The van der Waals surface area contributed by atoms with E-state index in [1.807, 2.05) is 12.1 Å². The second kappa shape index (κ2) is 6.65. The molecule has 2 aromatic carbocycles. The van der Waals surface area contributed by atoms with Gasteiger partial charge in [0.1, 0.15) is 5.75 Å². The first-order chi connectivity index (χ1) is 10.3. The van der Waals surface area contributed by atoms with Crippen LogP contribution in [-0.4, -0.2) is 7.11 Å². The predicted molar refractivity (Wildman–Crippen MR) is 91.5 cm³/mol. The highest BCUT2D eigenvalue weighted by atomic mass is 79.9. The lowest BCUT2D eigenvalue weighted by molar-refractivity contribution is 0.409. The molecule has 0 fully saturated rings. The number of benzene rings is 2. The summed E-state index contributed by atoms with van der Waals surface area (Å²) in [4.78, 5) is 0.334. The van der Waals surface area contributed by atoms with Crippen LogP contribution in [0.2, 0.25) is 0 Å². The molecule has 0 saturated heterocycles. The van der Waals surface area contributed by atoms with Gasteiger partial charge in [-0.3, -0.25) is 0 Å². The van der Waals surface area contributed by atoms with Gasteiger partial charge in [-0.05, 0) is 60.4 Å². The Bertz CT molecular complexity index is 621. The number of para-hydroxylation sites is 1. The van der Waals surface area contributed by atoms with E-state index in [1.165, 1.54) is 36.8 Å². The molecule has 1 aliphatic rings. The monoisotopic (exact) mass is 344 g/mol. The van der Waals surface area contributed by atoms with Crippen LogP contribution < -0.4 is 4.74 Å². The van der Waals surface area contributed by atoms with Gasteiger partial charge in [0, 0.05) is 4.83 Å². The molecule has 0 aliphatic heterocycles. The lowest BCUT2D eigenvalue weighted by Crippen LogP contribution is -2.05. The summed E-state index contributed by atoms with van der Waals surface area (Å²) >= 11 is 3.86. The fourth-order valence-corrected chi connectivity index (χ4v) is 3.76. The summed E-state index contributed by atoms with van der Waals surface area (Å²) < 4.78 is 5.45. The van der Waals surface area contributed by atoms with E-state index < -0.39 is 0 Å². The Labute approximate surface area is 135 Å². The number of hydrogen-bond acceptors (Lipinski definition) is 1. The van der Waals surface area contributed by atoms with Crippen LogP contribution in [0.25, 0.3) is 0 Å². The van der Waals surface area contributed by atoms with Gasteiger partial charge in [-0.15, -0.1) is 0 Å². The first-order valence-corrected chi connectivity index (χ1v) is 8.57. The van der Waals surface area contributed by atoms with Crippen molar-refractivity contribution >= 4 is 15.9 Å². The predicted octanol–water partition coefficient (Wildman–Crippen LogP) is 5.25. The minimum atomic E-state index is 0.334. The highest BCUT2D eigenvalue weighted by Gasteiger charge is 2.15. The molecule has 0 bridgehead atoms. The van der Waals surface area contributed by atoms with Crippen LogP contribution in [0.1, 0.15) is 39.9 Å². The number of halogens is 1. The Hall–Kier alpha value is -1.28. The molecular formula is C19H21BrO. The van der Waals surface area contributed by atoms with Crippen molar-refractivity contribution in [3.05, 3.63) is 64.7 Å². The summed E-state index contributed by atoms with van der Waals surface area (Å²) in [5, 5.41) is 0. The highest BCUT2D eigenvalue weighted by molar-refractivity contribution is 9.09. The van der Waals surface area contributed by atoms with Crippen LogP contribution in [0.15, 0.2) is 42.5 Å². The zero-order valence-electron chi connectivity index (χ0n) is 12.4. The zero-order valence-corrected chi connectivity index (χ0v) is 14.0. The lowest BCUT2D eigenvalue weighted by atomic mass is 9.89. The van der Waals surface area contributed by atoms with Crippen LogP contribution in [-0.2, 0) is 19.3 Å². The summed E-state index contributed by atoms with van der Waals surface area (Å²) in [7, 11) is 1.74. The van der Waals surface area contributed by atoms with Gasteiger partial charge in [-0.25, -0.2) is 0 Å². The number of ether oxygens (including phenoxy) is 1. The van der Waals surface area contributed by atoms with Gasteiger partial charge < -0.3 is 4.74 Å². The van der Waals surface area contributed by atoms with E-state index in [2.05, 4.69) is 46.3 Å². The molecule has 21 heavy (non-hydrogen) atoms. The van der Waals surface area contributed by atoms with Gasteiger partial charge in [-0.2, -0.15) is 0 Å². The Morgan fingerprint density at radius 1 is 1.05 bits per heavy atom.